The monoisotopic (exact) mass is 586 g/mol. The summed E-state index contributed by atoms with van der Waals surface area (Å²) < 4.78 is 12.6. The Balaban J connectivity index is 1.85. The fraction of sp³-hybridized carbons (Fsp3) is 0.185. The molecule has 1 N–H and O–H groups in total. The van der Waals surface area contributed by atoms with Crippen LogP contribution in [0.5, 0.6) is 11.5 Å². The summed E-state index contributed by atoms with van der Waals surface area (Å²) in [7, 11) is 0. The Kier molecular flexibility index (Phi) is 8.97. The van der Waals surface area contributed by atoms with E-state index in [1.54, 1.807) is 12.1 Å². The summed E-state index contributed by atoms with van der Waals surface area (Å²) in [5.74, 6) is 0.659. The number of anilines is 1. The first-order valence-corrected chi connectivity index (χ1v) is 12.1. The second kappa shape index (κ2) is 11.9. The molecule has 3 rings (SSSR count). The lowest BCUT2D eigenvalue weighted by molar-refractivity contribution is -0.112. The molecule has 0 heterocycles. The molecule has 0 fully saturated rings. The Hall–Kier alpha value is -3.02. The number of amides is 1. The van der Waals surface area contributed by atoms with E-state index in [2.05, 4.69) is 27.9 Å². The van der Waals surface area contributed by atoms with Gasteiger partial charge in [0.2, 0.25) is 0 Å². The second-order valence-corrected chi connectivity index (χ2v) is 9.20. The molecule has 0 saturated carbocycles. The van der Waals surface area contributed by atoms with Crippen LogP contribution in [-0.4, -0.2) is 12.5 Å². The van der Waals surface area contributed by atoms with Gasteiger partial charge >= 0.3 is 0 Å². The van der Waals surface area contributed by atoms with E-state index >= 15 is 0 Å². The van der Waals surface area contributed by atoms with Gasteiger partial charge in [-0.25, -0.2) is 0 Å². The zero-order valence-electron chi connectivity index (χ0n) is 19.1. The molecule has 174 valence electrons. The van der Waals surface area contributed by atoms with Crippen LogP contribution in [0, 0.1) is 28.7 Å². The van der Waals surface area contributed by atoms with Crippen LogP contribution in [0.3, 0.4) is 0 Å². The van der Waals surface area contributed by atoms with Crippen molar-refractivity contribution in [3.63, 3.8) is 0 Å². The Bertz CT molecular complexity index is 1280. The van der Waals surface area contributed by atoms with Crippen molar-refractivity contribution < 1.29 is 14.3 Å². The first kappa shape index (κ1) is 25.6. The van der Waals surface area contributed by atoms with E-state index in [0.717, 1.165) is 20.3 Å². The zero-order valence-corrected chi connectivity index (χ0v) is 22.0. The van der Waals surface area contributed by atoms with Crippen molar-refractivity contribution in [1.82, 2.24) is 0 Å². The van der Waals surface area contributed by atoms with Crippen LogP contribution in [0.1, 0.15) is 29.2 Å². The molecule has 0 aromatic heterocycles. The lowest BCUT2D eigenvalue weighted by atomic mass is 10.1. The average Bonchev–Trinajstić information content (AvgIpc) is 2.79. The number of hydrogen-bond donors (Lipinski definition) is 1. The SMILES string of the molecule is CCOc1cc(/C=C(\C#N)C(=O)Nc2ccc(C)c(C)c2)cc(I)c1OCc1cccc(Cl)c1. The first-order valence-electron chi connectivity index (χ1n) is 10.6. The van der Waals surface area contributed by atoms with E-state index in [1.165, 1.54) is 0 Å². The van der Waals surface area contributed by atoms with E-state index in [0.29, 0.717) is 41.0 Å². The molecule has 7 heteroatoms. The van der Waals surface area contributed by atoms with Gasteiger partial charge in [0.15, 0.2) is 11.5 Å². The minimum absolute atomic E-state index is 0.0101. The van der Waals surface area contributed by atoms with Gasteiger partial charge in [-0.15, -0.1) is 0 Å². The maximum absolute atomic E-state index is 12.7. The average molecular weight is 587 g/mol. The van der Waals surface area contributed by atoms with Gasteiger partial charge < -0.3 is 14.8 Å². The molecule has 3 aromatic carbocycles. The van der Waals surface area contributed by atoms with Crippen LogP contribution < -0.4 is 14.8 Å². The number of aryl methyl sites for hydroxylation is 2. The number of halogens is 2. The molecule has 5 nitrogen and oxygen atoms in total. The number of rotatable bonds is 8. The van der Waals surface area contributed by atoms with Crippen molar-refractivity contribution in [3.05, 3.63) is 91.0 Å². The van der Waals surface area contributed by atoms with Crippen LogP contribution in [-0.2, 0) is 11.4 Å². The third kappa shape index (κ3) is 6.75. The number of hydrogen-bond acceptors (Lipinski definition) is 4. The van der Waals surface area contributed by atoms with E-state index in [-0.39, 0.29) is 5.57 Å². The molecule has 0 saturated heterocycles. The van der Waals surface area contributed by atoms with Crippen LogP contribution in [0.15, 0.2) is 60.2 Å². The number of nitriles is 1. The minimum atomic E-state index is -0.472. The van der Waals surface area contributed by atoms with E-state index in [9.17, 15) is 10.1 Å². The maximum atomic E-state index is 12.7. The lowest BCUT2D eigenvalue weighted by Gasteiger charge is -2.15. The Morgan fingerprint density at radius 1 is 1.12 bits per heavy atom. The minimum Gasteiger partial charge on any atom is -0.490 e. The molecule has 3 aromatic rings. The van der Waals surface area contributed by atoms with Crippen LogP contribution in [0.2, 0.25) is 5.02 Å². The third-order valence-electron chi connectivity index (χ3n) is 5.04. The normalized spacial score (nSPS) is 11.0. The van der Waals surface area contributed by atoms with Crippen molar-refractivity contribution in [2.45, 2.75) is 27.4 Å². The number of benzene rings is 3. The molecule has 1 amide bonds. The molecular formula is C27H24ClIN2O3. The molecule has 0 aliphatic rings. The summed E-state index contributed by atoms with van der Waals surface area (Å²) >= 11 is 8.22. The highest BCUT2D eigenvalue weighted by Crippen LogP contribution is 2.35. The fourth-order valence-corrected chi connectivity index (χ4v) is 4.18. The number of carbonyl (C=O) groups is 1. The summed E-state index contributed by atoms with van der Waals surface area (Å²) in [5, 5.41) is 13.1. The summed E-state index contributed by atoms with van der Waals surface area (Å²) in [6, 6.07) is 18.7. The molecule has 0 aliphatic heterocycles. The van der Waals surface area contributed by atoms with Crippen LogP contribution in [0.25, 0.3) is 6.08 Å². The summed E-state index contributed by atoms with van der Waals surface area (Å²) in [6.45, 7) is 6.62. The molecule has 0 aliphatic carbocycles. The van der Waals surface area contributed by atoms with Gasteiger partial charge in [-0.2, -0.15) is 5.26 Å². The topological polar surface area (TPSA) is 71.3 Å². The molecule has 0 atom stereocenters. The van der Waals surface area contributed by atoms with Crippen molar-refractivity contribution in [3.8, 4) is 17.6 Å². The summed E-state index contributed by atoms with van der Waals surface area (Å²) in [6.07, 6.45) is 1.54. The molecule has 0 spiro atoms. The van der Waals surface area contributed by atoms with Gasteiger partial charge in [-0.05, 0) is 108 Å². The predicted molar refractivity (Wildman–Crippen MR) is 144 cm³/mol. The highest BCUT2D eigenvalue weighted by atomic mass is 127. The smallest absolute Gasteiger partial charge is 0.266 e. The Morgan fingerprint density at radius 2 is 1.91 bits per heavy atom. The molecular weight excluding hydrogens is 563 g/mol. The van der Waals surface area contributed by atoms with Crippen molar-refractivity contribution in [1.29, 1.82) is 5.26 Å². The quantitative estimate of drug-likeness (QED) is 0.174. The highest BCUT2D eigenvalue weighted by molar-refractivity contribution is 14.1. The Morgan fingerprint density at radius 3 is 2.59 bits per heavy atom. The number of nitrogens with one attached hydrogen (secondary N) is 1. The fourth-order valence-electron chi connectivity index (χ4n) is 3.19. The standard InChI is InChI=1S/C27H24ClIN2O3/c1-4-33-25-14-20(13-24(29)26(25)34-16-19-6-5-7-22(28)12-19)11-21(15-30)27(32)31-23-9-8-17(2)18(3)10-23/h5-14H,4,16H2,1-3H3,(H,31,32)/b21-11+. The first-order chi connectivity index (χ1) is 16.3. The van der Waals surface area contributed by atoms with Gasteiger partial charge in [-0.3, -0.25) is 4.79 Å². The number of nitrogens with zero attached hydrogens (tertiary/aromatic N) is 1. The van der Waals surface area contributed by atoms with E-state index < -0.39 is 5.91 Å². The van der Waals surface area contributed by atoms with E-state index in [4.69, 9.17) is 21.1 Å². The van der Waals surface area contributed by atoms with E-state index in [1.807, 2.05) is 75.4 Å². The van der Waals surface area contributed by atoms with Gasteiger partial charge in [0.1, 0.15) is 18.2 Å². The van der Waals surface area contributed by atoms with Crippen LogP contribution >= 0.6 is 34.2 Å². The van der Waals surface area contributed by atoms with Crippen LogP contribution in [0.4, 0.5) is 5.69 Å². The second-order valence-electron chi connectivity index (χ2n) is 7.60. The molecule has 0 bridgehead atoms. The third-order valence-corrected chi connectivity index (χ3v) is 6.08. The van der Waals surface area contributed by atoms with Crippen molar-refractivity contribution in [2.24, 2.45) is 0 Å². The number of ether oxygens (including phenoxy) is 2. The van der Waals surface area contributed by atoms with Crippen molar-refractivity contribution in [2.75, 3.05) is 11.9 Å². The van der Waals surface area contributed by atoms with Crippen molar-refractivity contribution >= 4 is 51.9 Å². The maximum Gasteiger partial charge on any atom is 0.266 e. The van der Waals surface area contributed by atoms with Gasteiger partial charge in [-0.1, -0.05) is 29.8 Å². The highest BCUT2D eigenvalue weighted by Gasteiger charge is 2.15. The molecule has 34 heavy (non-hydrogen) atoms. The molecule has 0 unspecified atom stereocenters. The van der Waals surface area contributed by atoms with Gasteiger partial charge in [0.25, 0.3) is 5.91 Å². The lowest BCUT2D eigenvalue weighted by Crippen LogP contribution is -2.13. The Labute approximate surface area is 218 Å². The van der Waals surface area contributed by atoms with Gasteiger partial charge in [0.05, 0.1) is 10.2 Å². The zero-order chi connectivity index (χ0) is 24.7. The predicted octanol–water partition coefficient (Wildman–Crippen LogP) is 7.08. The largest absolute Gasteiger partial charge is 0.490 e. The number of carbonyl (C=O) groups excluding carboxylic acids is 1. The summed E-state index contributed by atoms with van der Waals surface area (Å²) in [5.41, 5.74) is 4.42. The molecule has 0 radical (unpaired) electrons. The van der Waals surface area contributed by atoms with Gasteiger partial charge in [0, 0.05) is 10.7 Å². The summed E-state index contributed by atoms with van der Waals surface area (Å²) in [4.78, 5) is 12.7.